The lowest BCUT2D eigenvalue weighted by atomic mass is 9.97. The molecule has 2 nitrogen and oxygen atoms in total. The minimum absolute atomic E-state index is 0.849. The highest BCUT2D eigenvalue weighted by atomic mass is 32.2. The predicted molar refractivity (Wildman–Crippen MR) is 73.7 cm³/mol. The second-order valence-electron chi connectivity index (χ2n) is 4.91. The van der Waals surface area contributed by atoms with Crippen LogP contribution in [0.3, 0.4) is 0 Å². The van der Waals surface area contributed by atoms with Gasteiger partial charge in [0, 0.05) is 12.4 Å². The molecule has 0 bridgehead atoms. The highest BCUT2D eigenvalue weighted by Gasteiger charge is 2.15. The monoisotopic (exact) mass is 246 g/mol. The second-order valence-corrected chi connectivity index (χ2v) is 6.14. The fraction of sp³-hybridized carbons (Fsp3) is 0.500. The molecule has 0 atom stereocenters. The fourth-order valence-corrected chi connectivity index (χ4v) is 3.75. The maximum atomic E-state index is 4.76. The van der Waals surface area contributed by atoms with Crippen molar-refractivity contribution in [2.75, 3.05) is 11.5 Å². The predicted octanol–water partition coefficient (Wildman–Crippen LogP) is 3.33. The van der Waals surface area contributed by atoms with Gasteiger partial charge in [-0.15, -0.1) is 0 Å². The van der Waals surface area contributed by atoms with Crippen molar-refractivity contribution < 1.29 is 0 Å². The van der Waals surface area contributed by atoms with Crippen LogP contribution in [0.2, 0.25) is 0 Å². The molecule has 90 valence electrons. The van der Waals surface area contributed by atoms with E-state index in [0.29, 0.717) is 0 Å². The van der Waals surface area contributed by atoms with Crippen molar-refractivity contribution in [2.45, 2.75) is 26.2 Å². The number of hydrogen-bond donors (Lipinski definition) is 0. The smallest absolute Gasteiger partial charge is 0.139 e. The summed E-state index contributed by atoms with van der Waals surface area (Å²) in [5.74, 6) is 3.51. The Bertz CT molecular complexity index is 512. The van der Waals surface area contributed by atoms with E-state index in [4.69, 9.17) is 4.98 Å². The summed E-state index contributed by atoms with van der Waals surface area (Å²) in [7, 11) is 0. The van der Waals surface area contributed by atoms with Crippen LogP contribution in [0.4, 0.5) is 0 Å². The summed E-state index contributed by atoms with van der Waals surface area (Å²) in [6, 6.07) is 4.22. The van der Waals surface area contributed by atoms with Crippen LogP contribution in [-0.2, 0) is 6.42 Å². The van der Waals surface area contributed by atoms with E-state index in [1.165, 1.54) is 35.6 Å². The van der Waals surface area contributed by atoms with Crippen LogP contribution in [0.15, 0.2) is 24.5 Å². The molecule has 3 heteroatoms. The number of fused-ring (bicyclic) bond motifs is 1. The number of aryl methyl sites for hydroxylation is 1. The summed E-state index contributed by atoms with van der Waals surface area (Å²) >= 11 is 2.09. The maximum absolute atomic E-state index is 4.76. The first-order valence-electron chi connectivity index (χ1n) is 6.34. The molecule has 0 aromatic carbocycles. The molecule has 3 rings (SSSR count). The van der Waals surface area contributed by atoms with Crippen LogP contribution in [0.25, 0.3) is 5.65 Å². The van der Waals surface area contributed by atoms with Gasteiger partial charge >= 0.3 is 0 Å². The zero-order chi connectivity index (χ0) is 11.7. The van der Waals surface area contributed by atoms with Gasteiger partial charge in [-0.1, -0.05) is 6.07 Å². The Morgan fingerprint density at radius 3 is 3.00 bits per heavy atom. The minimum Gasteiger partial charge on any atom is -0.307 e. The number of hydrogen-bond acceptors (Lipinski definition) is 2. The molecule has 0 amide bonds. The van der Waals surface area contributed by atoms with Crippen molar-refractivity contribution in [3.05, 3.63) is 35.8 Å². The first-order valence-corrected chi connectivity index (χ1v) is 7.49. The summed E-state index contributed by atoms with van der Waals surface area (Å²) in [5.41, 5.74) is 3.64. The average molecular weight is 246 g/mol. The number of aromatic nitrogens is 2. The van der Waals surface area contributed by atoms with Crippen LogP contribution < -0.4 is 0 Å². The molecule has 0 unspecified atom stereocenters. The Morgan fingerprint density at radius 2 is 2.24 bits per heavy atom. The zero-order valence-corrected chi connectivity index (χ0v) is 11.0. The molecule has 17 heavy (non-hydrogen) atoms. The Kier molecular flexibility index (Phi) is 3.10. The van der Waals surface area contributed by atoms with E-state index in [1.807, 2.05) is 0 Å². The number of rotatable bonds is 2. The summed E-state index contributed by atoms with van der Waals surface area (Å²) in [5, 5.41) is 0. The van der Waals surface area contributed by atoms with Crippen molar-refractivity contribution >= 4 is 17.4 Å². The highest BCUT2D eigenvalue weighted by molar-refractivity contribution is 7.99. The minimum atomic E-state index is 0.849. The Morgan fingerprint density at radius 1 is 1.41 bits per heavy atom. The third-order valence-corrected chi connectivity index (χ3v) is 4.62. The van der Waals surface area contributed by atoms with Gasteiger partial charge in [0.25, 0.3) is 0 Å². The molecule has 0 saturated carbocycles. The summed E-state index contributed by atoms with van der Waals surface area (Å²) < 4.78 is 2.16. The molecule has 1 saturated heterocycles. The van der Waals surface area contributed by atoms with Crippen LogP contribution >= 0.6 is 11.8 Å². The molecule has 1 aliphatic rings. The van der Waals surface area contributed by atoms with Crippen molar-refractivity contribution in [1.29, 1.82) is 0 Å². The lowest BCUT2D eigenvalue weighted by molar-refractivity contribution is 0.483. The van der Waals surface area contributed by atoms with Gasteiger partial charge in [-0.2, -0.15) is 11.8 Å². The molecule has 1 aliphatic heterocycles. The van der Waals surface area contributed by atoms with E-state index in [-0.39, 0.29) is 0 Å². The van der Waals surface area contributed by atoms with Gasteiger partial charge in [0.1, 0.15) is 5.65 Å². The number of nitrogens with zero attached hydrogens (tertiary/aromatic N) is 2. The lowest BCUT2D eigenvalue weighted by Crippen LogP contribution is -2.12. The molecule has 1 fully saturated rings. The van der Waals surface area contributed by atoms with Crippen molar-refractivity contribution in [3.63, 3.8) is 0 Å². The molecule has 0 radical (unpaired) electrons. The van der Waals surface area contributed by atoms with Gasteiger partial charge in [-0.05, 0) is 55.2 Å². The molecule has 3 heterocycles. The third kappa shape index (κ3) is 2.34. The van der Waals surface area contributed by atoms with Gasteiger partial charge in [-0.25, -0.2) is 4.98 Å². The number of pyridine rings is 1. The average Bonchev–Trinajstić information content (AvgIpc) is 2.74. The van der Waals surface area contributed by atoms with Crippen molar-refractivity contribution in [1.82, 2.24) is 9.38 Å². The van der Waals surface area contributed by atoms with Crippen LogP contribution in [-0.4, -0.2) is 20.9 Å². The second kappa shape index (κ2) is 4.73. The molecule has 0 N–H and O–H groups in total. The van der Waals surface area contributed by atoms with Crippen LogP contribution in [0.5, 0.6) is 0 Å². The first-order chi connectivity index (χ1) is 8.33. The van der Waals surface area contributed by atoms with E-state index >= 15 is 0 Å². The Hall–Kier alpha value is -0.960. The molecule has 2 aromatic heterocycles. The third-order valence-electron chi connectivity index (χ3n) is 3.57. The van der Waals surface area contributed by atoms with E-state index in [2.05, 4.69) is 47.6 Å². The normalized spacial score (nSPS) is 17.7. The zero-order valence-electron chi connectivity index (χ0n) is 10.2. The quantitative estimate of drug-likeness (QED) is 0.808. The van der Waals surface area contributed by atoms with Gasteiger partial charge in [0.2, 0.25) is 0 Å². The van der Waals surface area contributed by atoms with Gasteiger partial charge in [-0.3, -0.25) is 0 Å². The standard InChI is InChI=1S/C14H18N2S/c1-11-3-2-6-16-10-13(15-14(11)16)9-12-4-7-17-8-5-12/h2-3,6,10,12H,4-5,7-9H2,1H3. The SMILES string of the molecule is Cc1cccn2cc(CC3CCSCC3)nc12. The summed E-state index contributed by atoms with van der Waals surface area (Å²) in [6.07, 6.45) is 8.16. The van der Waals surface area contributed by atoms with E-state index < -0.39 is 0 Å². The summed E-state index contributed by atoms with van der Waals surface area (Å²) in [4.78, 5) is 4.76. The number of thioether (sulfide) groups is 1. The van der Waals surface area contributed by atoms with Gasteiger partial charge < -0.3 is 4.40 Å². The van der Waals surface area contributed by atoms with Crippen molar-refractivity contribution in [3.8, 4) is 0 Å². The molecular formula is C14H18N2S. The molecule has 0 spiro atoms. The highest BCUT2D eigenvalue weighted by Crippen LogP contribution is 2.25. The van der Waals surface area contributed by atoms with Crippen LogP contribution in [0.1, 0.15) is 24.1 Å². The van der Waals surface area contributed by atoms with Crippen LogP contribution in [0, 0.1) is 12.8 Å². The van der Waals surface area contributed by atoms with Gasteiger partial charge in [0.05, 0.1) is 5.69 Å². The lowest BCUT2D eigenvalue weighted by Gasteiger charge is -2.19. The Balaban J connectivity index is 1.83. The summed E-state index contributed by atoms with van der Waals surface area (Å²) in [6.45, 7) is 2.13. The largest absolute Gasteiger partial charge is 0.307 e. The molecule has 0 aliphatic carbocycles. The van der Waals surface area contributed by atoms with E-state index in [1.54, 1.807) is 0 Å². The van der Waals surface area contributed by atoms with Crippen molar-refractivity contribution in [2.24, 2.45) is 5.92 Å². The van der Waals surface area contributed by atoms with Gasteiger partial charge in [0.15, 0.2) is 0 Å². The maximum Gasteiger partial charge on any atom is 0.139 e. The van der Waals surface area contributed by atoms with E-state index in [0.717, 1.165) is 18.0 Å². The van der Waals surface area contributed by atoms with E-state index in [9.17, 15) is 0 Å². The molecule has 2 aromatic rings. The number of imidazole rings is 1. The topological polar surface area (TPSA) is 17.3 Å². The Labute approximate surface area is 106 Å². The molecular weight excluding hydrogens is 228 g/mol. The first kappa shape index (κ1) is 11.1. The fourth-order valence-electron chi connectivity index (χ4n) is 2.55.